The minimum atomic E-state index is -1.22. The third-order valence-electron chi connectivity index (χ3n) is 3.32. The number of aromatic carboxylic acids is 1. The van der Waals surface area contributed by atoms with E-state index in [9.17, 15) is 9.90 Å². The lowest BCUT2D eigenvalue weighted by Gasteiger charge is -1.99. The smallest absolute Gasteiger partial charge is 0.348 e. The topological polar surface area (TPSA) is 107 Å². The van der Waals surface area contributed by atoms with Crippen LogP contribution in [-0.4, -0.2) is 25.9 Å². The minimum Gasteiger partial charge on any atom is -0.540 e. The number of pyridine rings is 1. The Morgan fingerprint density at radius 3 is 2.75 bits per heavy atom. The lowest BCUT2D eigenvalue weighted by molar-refractivity contribution is -0.254. The Balaban J connectivity index is 2.26. The van der Waals surface area contributed by atoms with E-state index in [2.05, 4.69) is 24.9 Å². The second kappa shape index (κ2) is 6.71. The summed E-state index contributed by atoms with van der Waals surface area (Å²) < 4.78 is 0. The van der Waals surface area contributed by atoms with Crippen molar-refractivity contribution in [3.05, 3.63) is 52.0 Å². The SMILES string of the molecule is CC[s+]1c(C(=O)[O-])c(-c2ccccn2)[nH]c1=Nc1nccc(C)n1. The number of carboxylic acid groups (broad SMARTS) is 1. The average molecular weight is 341 g/mol. The minimum absolute atomic E-state index is 0.183. The predicted molar refractivity (Wildman–Crippen MR) is 88.5 cm³/mol. The number of nitrogens with zero attached hydrogens (tertiary/aromatic N) is 4. The van der Waals surface area contributed by atoms with Gasteiger partial charge in [-0.05, 0) is 32.0 Å². The molecule has 1 atom stereocenters. The van der Waals surface area contributed by atoms with Gasteiger partial charge in [-0.25, -0.2) is 9.97 Å². The fourth-order valence-electron chi connectivity index (χ4n) is 2.28. The van der Waals surface area contributed by atoms with Crippen molar-refractivity contribution in [1.82, 2.24) is 19.9 Å². The average Bonchev–Trinajstić information content (AvgIpc) is 2.94. The predicted octanol–water partition coefficient (Wildman–Crippen LogP) is 1.54. The lowest BCUT2D eigenvalue weighted by Crippen LogP contribution is -2.22. The molecular weight excluding hydrogens is 326 g/mol. The Labute approximate surface area is 140 Å². The maximum Gasteiger partial charge on any atom is 0.348 e. The molecule has 3 aromatic heterocycles. The highest BCUT2D eigenvalue weighted by Crippen LogP contribution is 2.29. The van der Waals surface area contributed by atoms with Crippen molar-refractivity contribution >= 4 is 22.4 Å². The molecule has 24 heavy (non-hydrogen) atoms. The largest absolute Gasteiger partial charge is 0.540 e. The molecule has 1 N–H and O–H groups in total. The third-order valence-corrected chi connectivity index (χ3v) is 5.42. The van der Waals surface area contributed by atoms with Crippen molar-refractivity contribution in [3.8, 4) is 11.4 Å². The molecule has 0 spiro atoms. The summed E-state index contributed by atoms with van der Waals surface area (Å²) in [5.41, 5.74) is 1.75. The zero-order valence-corrected chi connectivity index (χ0v) is 14.0. The molecule has 0 aliphatic heterocycles. The van der Waals surface area contributed by atoms with E-state index in [1.807, 2.05) is 13.8 Å². The normalized spacial score (nSPS) is 12.4. The standard InChI is InChI=1S/C16H15N5O2S/c1-3-24-13(14(22)23)12(11-6-4-5-8-17-11)20-16(24)21-15-18-9-7-10(2)19-15/h4-9H,3H2,1-2H3,(H-,18,19,20,21,22,23). The summed E-state index contributed by atoms with van der Waals surface area (Å²) in [5.74, 6) is -0.343. The van der Waals surface area contributed by atoms with E-state index in [0.717, 1.165) is 5.69 Å². The summed E-state index contributed by atoms with van der Waals surface area (Å²) in [7, 11) is -0.741. The highest BCUT2D eigenvalue weighted by molar-refractivity contribution is 7.30. The van der Waals surface area contributed by atoms with Crippen LogP contribution in [0.5, 0.6) is 0 Å². The van der Waals surface area contributed by atoms with Crippen molar-refractivity contribution < 1.29 is 9.90 Å². The summed E-state index contributed by atoms with van der Waals surface area (Å²) in [6.07, 6.45) is 3.23. The van der Waals surface area contributed by atoms with Crippen LogP contribution in [0.1, 0.15) is 22.3 Å². The van der Waals surface area contributed by atoms with Crippen LogP contribution in [0.15, 0.2) is 41.7 Å². The molecule has 0 bridgehead atoms. The molecule has 7 nitrogen and oxygen atoms in total. The highest BCUT2D eigenvalue weighted by Gasteiger charge is 2.26. The number of thiazole rings is 1. The Kier molecular flexibility index (Phi) is 4.48. The maximum atomic E-state index is 11.7. The van der Waals surface area contributed by atoms with Crippen LogP contribution in [0.25, 0.3) is 11.4 Å². The number of H-pyrrole nitrogens is 1. The first-order valence-corrected chi connectivity index (χ1v) is 8.72. The zero-order chi connectivity index (χ0) is 17.1. The van der Waals surface area contributed by atoms with Crippen LogP contribution in [0, 0.1) is 6.92 Å². The van der Waals surface area contributed by atoms with E-state index < -0.39 is 16.4 Å². The molecule has 3 aromatic rings. The summed E-state index contributed by atoms with van der Waals surface area (Å²) >= 11 is 0. The summed E-state index contributed by atoms with van der Waals surface area (Å²) in [4.78, 5) is 32.5. The molecule has 1 unspecified atom stereocenters. The first-order chi connectivity index (χ1) is 11.6. The summed E-state index contributed by atoms with van der Waals surface area (Å²) in [6.45, 7) is 3.75. The fraction of sp³-hybridized carbons (Fsp3) is 0.188. The number of aromatic nitrogens is 4. The Bertz CT molecular complexity index is 947. The second-order valence-electron chi connectivity index (χ2n) is 4.93. The number of aryl methyl sites for hydroxylation is 1. The molecule has 0 fully saturated rings. The van der Waals surface area contributed by atoms with E-state index in [1.54, 1.807) is 36.7 Å². The first kappa shape index (κ1) is 16.0. The van der Waals surface area contributed by atoms with Gasteiger partial charge in [0.2, 0.25) is 4.88 Å². The van der Waals surface area contributed by atoms with Gasteiger partial charge in [0.05, 0.1) is 5.69 Å². The number of carbonyl (C=O) groups is 1. The van der Waals surface area contributed by atoms with Gasteiger partial charge in [0.15, 0.2) is 0 Å². The molecule has 0 amide bonds. The van der Waals surface area contributed by atoms with Crippen LogP contribution in [0.4, 0.5) is 5.95 Å². The maximum absolute atomic E-state index is 11.7. The van der Waals surface area contributed by atoms with E-state index >= 15 is 0 Å². The van der Waals surface area contributed by atoms with Gasteiger partial charge >= 0.3 is 4.80 Å². The number of hydrogen-bond donors (Lipinski definition) is 1. The summed E-state index contributed by atoms with van der Waals surface area (Å²) in [6, 6.07) is 7.09. The molecule has 0 aliphatic rings. The molecular formula is C16H15N5O2S. The fourth-order valence-corrected chi connectivity index (χ4v) is 4.06. The van der Waals surface area contributed by atoms with Gasteiger partial charge in [0, 0.05) is 28.6 Å². The van der Waals surface area contributed by atoms with Crippen LogP contribution >= 0.6 is 10.5 Å². The Hall–Kier alpha value is -2.87. The monoisotopic (exact) mass is 341 g/mol. The number of rotatable bonds is 4. The molecule has 0 saturated heterocycles. The number of carbonyl (C=O) groups excluding carboxylic acids is 1. The Morgan fingerprint density at radius 2 is 2.12 bits per heavy atom. The van der Waals surface area contributed by atoms with E-state index in [1.165, 1.54) is 0 Å². The van der Waals surface area contributed by atoms with Gasteiger partial charge in [-0.15, -0.1) is 4.99 Å². The van der Waals surface area contributed by atoms with Crippen LogP contribution in [0.2, 0.25) is 0 Å². The molecule has 8 heteroatoms. The molecule has 3 heterocycles. The van der Waals surface area contributed by atoms with E-state index in [4.69, 9.17) is 0 Å². The Morgan fingerprint density at radius 1 is 1.29 bits per heavy atom. The third kappa shape index (κ3) is 3.09. The van der Waals surface area contributed by atoms with Gasteiger partial charge in [-0.3, -0.25) is 9.97 Å². The molecule has 3 rings (SSSR count). The van der Waals surface area contributed by atoms with Crippen molar-refractivity contribution in [2.45, 2.75) is 19.6 Å². The van der Waals surface area contributed by atoms with Crippen LogP contribution in [0.3, 0.4) is 0 Å². The first-order valence-electron chi connectivity index (χ1n) is 7.33. The van der Waals surface area contributed by atoms with Crippen molar-refractivity contribution in [2.24, 2.45) is 4.99 Å². The molecule has 0 saturated carbocycles. The van der Waals surface area contributed by atoms with Crippen LogP contribution in [-0.2, 0) is 5.75 Å². The van der Waals surface area contributed by atoms with Crippen LogP contribution < -0.4 is 9.91 Å². The van der Waals surface area contributed by atoms with Gasteiger partial charge in [0.1, 0.15) is 17.4 Å². The number of hydrogen-bond acceptors (Lipinski definition) is 6. The van der Waals surface area contributed by atoms with Crippen molar-refractivity contribution in [1.29, 1.82) is 0 Å². The number of carboxylic acids is 1. The zero-order valence-electron chi connectivity index (χ0n) is 13.2. The summed E-state index contributed by atoms with van der Waals surface area (Å²) in [5, 5.41) is 11.7. The molecule has 122 valence electrons. The molecule has 0 aliphatic carbocycles. The highest BCUT2D eigenvalue weighted by atomic mass is 32.2. The van der Waals surface area contributed by atoms with Gasteiger partial charge < -0.3 is 9.90 Å². The van der Waals surface area contributed by atoms with Gasteiger partial charge in [0.25, 0.3) is 5.95 Å². The van der Waals surface area contributed by atoms with E-state index in [0.29, 0.717) is 27.9 Å². The number of nitrogens with one attached hydrogen (secondary N) is 1. The quantitative estimate of drug-likeness (QED) is 0.724. The number of aromatic amines is 1. The lowest BCUT2D eigenvalue weighted by atomic mass is 10.2. The van der Waals surface area contributed by atoms with Gasteiger partial charge in [-0.1, -0.05) is 6.07 Å². The van der Waals surface area contributed by atoms with E-state index in [-0.39, 0.29) is 4.88 Å². The molecule has 0 radical (unpaired) electrons. The van der Waals surface area contributed by atoms with Crippen molar-refractivity contribution in [2.75, 3.05) is 0 Å². The van der Waals surface area contributed by atoms with Gasteiger partial charge in [-0.2, -0.15) is 0 Å². The molecule has 0 aromatic carbocycles. The van der Waals surface area contributed by atoms with Crippen molar-refractivity contribution in [3.63, 3.8) is 0 Å². The second-order valence-corrected chi connectivity index (χ2v) is 7.08.